The molecule has 3 heteroatoms. The summed E-state index contributed by atoms with van der Waals surface area (Å²) in [5.41, 5.74) is 5.09. The Balaban J connectivity index is 1.90. The summed E-state index contributed by atoms with van der Waals surface area (Å²) in [5.74, 6) is 0. The molecule has 0 spiro atoms. The lowest BCUT2D eigenvalue weighted by molar-refractivity contribution is 0.277. The molecule has 0 aliphatic rings. The summed E-state index contributed by atoms with van der Waals surface area (Å²) in [6.45, 7) is 2.94. The topological polar surface area (TPSA) is 38.0 Å². The van der Waals surface area contributed by atoms with E-state index in [2.05, 4.69) is 90.4 Å². The molecule has 3 nitrogen and oxygen atoms in total. The maximum atomic E-state index is 10.1. The van der Waals surface area contributed by atoms with Crippen molar-refractivity contribution >= 4 is 43.4 Å². The van der Waals surface area contributed by atoms with E-state index in [0.717, 1.165) is 28.7 Å². The van der Waals surface area contributed by atoms with E-state index in [-0.39, 0.29) is 6.61 Å². The molecule has 150 valence electrons. The molecule has 4 aromatic carbocycles. The lowest BCUT2D eigenvalue weighted by atomic mass is 9.93. The normalized spacial score (nSPS) is 11.8. The first-order valence-corrected chi connectivity index (χ1v) is 10.7. The van der Waals surface area contributed by atoms with E-state index < -0.39 is 0 Å². The van der Waals surface area contributed by atoms with E-state index >= 15 is 0 Å². The molecule has 31 heavy (non-hydrogen) atoms. The van der Waals surface area contributed by atoms with Crippen LogP contribution < -0.4 is 0 Å². The number of rotatable bonds is 3. The number of aliphatic hydroxyl groups excluding tert-OH is 1. The standard InChI is InChI=1S/C28H22N2O/c1-2-30-25-14-8-7-13-23(25)24-16-20(17-31)29-27(28(24)30)26-21-11-5-3-9-18(21)15-19-10-4-6-12-22(19)26/h3-16,31H,2,17H2,1H3. The zero-order valence-corrected chi connectivity index (χ0v) is 17.3. The van der Waals surface area contributed by atoms with Gasteiger partial charge in [-0.15, -0.1) is 0 Å². The maximum Gasteiger partial charge on any atom is 0.0962 e. The highest BCUT2D eigenvalue weighted by Crippen LogP contribution is 2.41. The predicted octanol–water partition coefficient (Wildman–Crippen LogP) is 6.68. The van der Waals surface area contributed by atoms with E-state index in [0.29, 0.717) is 5.69 Å². The number of benzene rings is 4. The fourth-order valence-corrected chi connectivity index (χ4v) is 4.98. The molecule has 0 unspecified atom stereocenters. The first-order valence-electron chi connectivity index (χ1n) is 10.7. The van der Waals surface area contributed by atoms with Gasteiger partial charge >= 0.3 is 0 Å². The molecule has 0 radical (unpaired) electrons. The third-order valence-corrected chi connectivity index (χ3v) is 6.29. The second kappa shape index (κ2) is 6.93. The highest BCUT2D eigenvalue weighted by Gasteiger charge is 2.20. The largest absolute Gasteiger partial charge is 0.390 e. The number of aliphatic hydroxyl groups is 1. The molecule has 0 aliphatic carbocycles. The fourth-order valence-electron chi connectivity index (χ4n) is 4.98. The van der Waals surface area contributed by atoms with Crippen molar-refractivity contribution in [2.45, 2.75) is 20.1 Å². The van der Waals surface area contributed by atoms with Crippen LogP contribution in [0.3, 0.4) is 0 Å². The Labute approximate surface area is 180 Å². The molecule has 0 bridgehead atoms. The average Bonchev–Trinajstić information content (AvgIpc) is 3.15. The SMILES string of the molecule is CCn1c2ccccc2c2cc(CO)nc(-c3c4ccccc4cc4ccccc34)c21. The minimum atomic E-state index is -0.0860. The van der Waals surface area contributed by atoms with Gasteiger partial charge in [0.15, 0.2) is 0 Å². The number of hydrogen-bond donors (Lipinski definition) is 1. The van der Waals surface area contributed by atoms with Gasteiger partial charge in [0.05, 0.1) is 23.5 Å². The van der Waals surface area contributed by atoms with Gasteiger partial charge in [0.2, 0.25) is 0 Å². The van der Waals surface area contributed by atoms with Crippen LogP contribution in [0.5, 0.6) is 0 Å². The molecule has 6 rings (SSSR count). The number of fused-ring (bicyclic) bond motifs is 5. The lowest BCUT2D eigenvalue weighted by Gasteiger charge is -2.15. The van der Waals surface area contributed by atoms with Crippen LogP contribution in [0.4, 0.5) is 0 Å². The molecule has 0 fully saturated rings. The van der Waals surface area contributed by atoms with Gasteiger partial charge in [-0.05, 0) is 46.7 Å². The van der Waals surface area contributed by atoms with Crippen molar-refractivity contribution in [1.82, 2.24) is 9.55 Å². The molecule has 0 amide bonds. The summed E-state index contributed by atoms with van der Waals surface area (Å²) in [6, 6.07) is 29.8. The van der Waals surface area contributed by atoms with Crippen LogP contribution in [0.15, 0.2) is 84.9 Å². The van der Waals surface area contributed by atoms with E-state index in [9.17, 15) is 5.11 Å². The van der Waals surface area contributed by atoms with Gasteiger partial charge in [0.25, 0.3) is 0 Å². The minimum Gasteiger partial charge on any atom is -0.390 e. The Kier molecular flexibility index (Phi) is 4.05. The van der Waals surface area contributed by atoms with Crippen LogP contribution in [0.1, 0.15) is 12.6 Å². The smallest absolute Gasteiger partial charge is 0.0962 e. The van der Waals surface area contributed by atoms with Gasteiger partial charge in [0.1, 0.15) is 0 Å². The Morgan fingerprint density at radius 3 is 2.00 bits per heavy atom. The lowest BCUT2D eigenvalue weighted by Crippen LogP contribution is -2.00. The molecule has 2 heterocycles. The number of nitrogens with zero attached hydrogens (tertiary/aromatic N) is 2. The minimum absolute atomic E-state index is 0.0860. The summed E-state index contributed by atoms with van der Waals surface area (Å²) in [4.78, 5) is 5.02. The number of para-hydroxylation sites is 1. The van der Waals surface area contributed by atoms with Crippen LogP contribution in [0.2, 0.25) is 0 Å². The van der Waals surface area contributed by atoms with Gasteiger partial charge < -0.3 is 9.67 Å². The molecule has 0 aliphatic heterocycles. The van der Waals surface area contributed by atoms with Gasteiger partial charge in [0, 0.05) is 28.4 Å². The van der Waals surface area contributed by atoms with Gasteiger partial charge in [-0.1, -0.05) is 66.7 Å². The average molecular weight is 402 g/mol. The van der Waals surface area contributed by atoms with Gasteiger partial charge in [-0.3, -0.25) is 0 Å². The summed E-state index contributed by atoms with van der Waals surface area (Å²) in [6.07, 6.45) is 0. The maximum absolute atomic E-state index is 10.1. The highest BCUT2D eigenvalue weighted by atomic mass is 16.3. The third-order valence-electron chi connectivity index (χ3n) is 6.29. The second-order valence-corrected chi connectivity index (χ2v) is 7.97. The van der Waals surface area contributed by atoms with Crippen LogP contribution in [-0.2, 0) is 13.2 Å². The summed E-state index contributed by atoms with van der Waals surface area (Å²) < 4.78 is 2.35. The zero-order valence-electron chi connectivity index (χ0n) is 17.3. The molecular formula is C28H22N2O. The first kappa shape index (κ1) is 18.1. The molecule has 0 saturated carbocycles. The monoisotopic (exact) mass is 402 g/mol. The Morgan fingerprint density at radius 1 is 0.742 bits per heavy atom. The zero-order chi connectivity index (χ0) is 20.9. The van der Waals surface area contributed by atoms with Crippen LogP contribution in [0, 0.1) is 0 Å². The number of aryl methyl sites for hydroxylation is 1. The van der Waals surface area contributed by atoms with E-state index in [1.165, 1.54) is 32.4 Å². The van der Waals surface area contributed by atoms with Crippen LogP contribution >= 0.6 is 0 Å². The summed E-state index contributed by atoms with van der Waals surface area (Å²) >= 11 is 0. The predicted molar refractivity (Wildman–Crippen MR) is 129 cm³/mol. The molecule has 0 atom stereocenters. The molecule has 6 aromatic rings. The second-order valence-electron chi connectivity index (χ2n) is 7.97. The van der Waals surface area contributed by atoms with Crippen molar-refractivity contribution < 1.29 is 5.11 Å². The molecule has 0 saturated heterocycles. The van der Waals surface area contributed by atoms with Gasteiger partial charge in [-0.2, -0.15) is 0 Å². The molecular weight excluding hydrogens is 380 g/mol. The highest BCUT2D eigenvalue weighted by molar-refractivity contribution is 6.19. The van der Waals surface area contributed by atoms with Crippen molar-refractivity contribution in [3.63, 3.8) is 0 Å². The third kappa shape index (κ3) is 2.60. The van der Waals surface area contributed by atoms with Crippen LogP contribution in [0.25, 0.3) is 54.6 Å². The summed E-state index contributed by atoms with van der Waals surface area (Å²) in [5, 5.41) is 17.1. The van der Waals surface area contributed by atoms with Gasteiger partial charge in [-0.25, -0.2) is 4.98 Å². The molecule has 2 aromatic heterocycles. The van der Waals surface area contributed by atoms with Crippen LogP contribution in [-0.4, -0.2) is 14.7 Å². The number of aromatic nitrogens is 2. The Hall–Kier alpha value is -3.69. The Morgan fingerprint density at radius 2 is 1.35 bits per heavy atom. The van der Waals surface area contributed by atoms with Crippen molar-refractivity contribution in [3.8, 4) is 11.3 Å². The Bertz CT molecular complexity index is 1560. The summed E-state index contributed by atoms with van der Waals surface area (Å²) in [7, 11) is 0. The van der Waals surface area contributed by atoms with E-state index in [4.69, 9.17) is 4.98 Å². The number of hydrogen-bond acceptors (Lipinski definition) is 2. The quantitative estimate of drug-likeness (QED) is 0.336. The van der Waals surface area contributed by atoms with Crippen molar-refractivity contribution in [3.05, 3.63) is 90.6 Å². The van der Waals surface area contributed by atoms with E-state index in [1.54, 1.807) is 0 Å². The van der Waals surface area contributed by atoms with Crippen molar-refractivity contribution in [2.24, 2.45) is 0 Å². The van der Waals surface area contributed by atoms with E-state index in [1.807, 2.05) is 6.07 Å². The van der Waals surface area contributed by atoms with Crippen molar-refractivity contribution in [1.29, 1.82) is 0 Å². The fraction of sp³-hybridized carbons (Fsp3) is 0.107. The van der Waals surface area contributed by atoms with Crippen molar-refractivity contribution in [2.75, 3.05) is 0 Å². The number of pyridine rings is 1. The molecule has 1 N–H and O–H groups in total. The first-order chi connectivity index (χ1) is 15.3.